The fourth-order valence-corrected chi connectivity index (χ4v) is 3.62. The Balaban J connectivity index is 1.74. The first kappa shape index (κ1) is 20.5. The molecule has 1 heterocycles. The molecule has 2 aromatic rings. The molecule has 0 aromatic heterocycles. The topological polar surface area (TPSA) is 52.7 Å². The van der Waals surface area contributed by atoms with Crippen LogP contribution in [-0.2, 0) is 4.79 Å². The molecule has 0 atom stereocenters. The molecule has 5 nitrogen and oxygen atoms in total. The van der Waals surface area contributed by atoms with Gasteiger partial charge in [0.05, 0.1) is 22.0 Å². The van der Waals surface area contributed by atoms with Crippen molar-refractivity contribution in [2.24, 2.45) is 5.92 Å². The number of hydrogen-bond donors (Lipinski definition) is 1. The van der Waals surface area contributed by atoms with E-state index in [0.717, 1.165) is 5.69 Å². The molecule has 3 rings (SSSR count). The normalized spacial score (nSPS) is 14.3. The van der Waals surface area contributed by atoms with Crippen LogP contribution in [0.2, 0.25) is 10.0 Å². The van der Waals surface area contributed by atoms with E-state index in [0.29, 0.717) is 47.5 Å². The molecule has 0 spiro atoms. The van der Waals surface area contributed by atoms with Gasteiger partial charge in [-0.2, -0.15) is 0 Å². The smallest absolute Gasteiger partial charge is 0.257 e. The molecule has 1 fully saturated rings. The highest BCUT2D eigenvalue weighted by molar-refractivity contribution is 6.36. The van der Waals surface area contributed by atoms with E-state index >= 15 is 0 Å². The Morgan fingerprint density at radius 3 is 2.36 bits per heavy atom. The average Bonchev–Trinajstić information content (AvgIpc) is 2.69. The molecule has 0 saturated carbocycles. The van der Waals surface area contributed by atoms with Crippen molar-refractivity contribution in [3.8, 4) is 0 Å². The van der Waals surface area contributed by atoms with Gasteiger partial charge in [-0.25, -0.2) is 0 Å². The predicted molar refractivity (Wildman–Crippen MR) is 114 cm³/mol. The van der Waals surface area contributed by atoms with E-state index in [1.165, 1.54) is 0 Å². The van der Waals surface area contributed by atoms with Crippen LogP contribution in [-0.4, -0.2) is 42.9 Å². The fraction of sp³-hybridized carbons (Fsp3) is 0.333. The summed E-state index contributed by atoms with van der Waals surface area (Å²) in [4.78, 5) is 29.0. The average molecular weight is 420 g/mol. The number of carbonyl (C=O) groups is 2. The van der Waals surface area contributed by atoms with Crippen LogP contribution in [0.3, 0.4) is 0 Å². The zero-order chi connectivity index (χ0) is 20.3. The SMILES string of the molecule is CC(C)C(=O)N1CCN(c2ccccc2NC(=O)c2cc(Cl)ccc2Cl)CC1. The van der Waals surface area contributed by atoms with Crippen molar-refractivity contribution >= 4 is 46.4 Å². The second-order valence-corrected chi connectivity index (χ2v) is 7.91. The number of carbonyl (C=O) groups excluding carboxylic acids is 2. The Bertz CT molecular complexity index is 878. The molecule has 0 aliphatic carbocycles. The molecule has 0 bridgehead atoms. The summed E-state index contributed by atoms with van der Waals surface area (Å²) in [6.45, 7) is 6.59. The van der Waals surface area contributed by atoms with Gasteiger partial charge in [0.1, 0.15) is 0 Å². The number of amides is 2. The molecule has 1 saturated heterocycles. The first-order valence-corrected chi connectivity index (χ1v) is 10.0. The predicted octanol–water partition coefficient (Wildman–Crippen LogP) is 4.55. The minimum Gasteiger partial charge on any atom is -0.366 e. The summed E-state index contributed by atoms with van der Waals surface area (Å²) in [5, 5.41) is 3.74. The molecule has 0 radical (unpaired) electrons. The maximum Gasteiger partial charge on any atom is 0.257 e. The van der Waals surface area contributed by atoms with Crippen molar-refractivity contribution in [3.63, 3.8) is 0 Å². The Hall–Kier alpha value is -2.24. The highest BCUT2D eigenvalue weighted by atomic mass is 35.5. The molecule has 0 unspecified atom stereocenters. The van der Waals surface area contributed by atoms with E-state index in [9.17, 15) is 9.59 Å². The zero-order valence-corrected chi connectivity index (χ0v) is 17.4. The van der Waals surface area contributed by atoms with Gasteiger partial charge in [0, 0.05) is 37.1 Å². The molecule has 148 valence electrons. The third kappa shape index (κ3) is 4.59. The number of piperazine rings is 1. The van der Waals surface area contributed by atoms with Gasteiger partial charge in [-0.15, -0.1) is 0 Å². The lowest BCUT2D eigenvalue weighted by Gasteiger charge is -2.37. The molecule has 1 aliphatic rings. The third-order valence-electron chi connectivity index (χ3n) is 4.75. The van der Waals surface area contributed by atoms with E-state index in [-0.39, 0.29) is 17.7 Å². The lowest BCUT2D eigenvalue weighted by molar-refractivity contribution is -0.134. The van der Waals surface area contributed by atoms with Crippen LogP contribution in [0.5, 0.6) is 0 Å². The van der Waals surface area contributed by atoms with Crippen LogP contribution in [0.15, 0.2) is 42.5 Å². The van der Waals surface area contributed by atoms with Crippen LogP contribution in [0.1, 0.15) is 24.2 Å². The van der Waals surface area contributed by atoms with Crippen molar-refractivity contribution in [2.75, 3.05) is 36.4 Å². The summed E-state index contributed by atoms with van der Waals surface area (Å²) in [7, 11) is 0. The van der Waals surface area contributed by atoms with E-state index in [1.807, 2.05) is 43.0 Å². The summed E-state index contributed by atoms with van der Waals surface area (Å²) < 4.78 is 0. The van der Waals surface area contributed by atoms with E-state index in [2.05, 4.69) is 10.2 Å². The summed E-state index contributed by atoms with van der Waals surface area (Å²) >= 11 is 12.1. The largest absolute Gasteiger partial charge is 0.366 e. The number of anilines is 2. The maximum absolute atomic E-state index is 12.7. The van der Waals surface area contributed by atoms with Gasteiger partial charge in [0.2, 0.25) is 5.91 Å². The monoisotopic (exact) mass is 419 g/mol. The van der Waals surface area contributed by atoms with E-state index < -0.39 is 0 Å². The van der Waals surface area contributed by atoms with Crippen LogP contribution < -0.4 is 10.2 Å². The van der Waals surface area contributed by atoms with Crippen LogP contribution in [0.25, 0.3) is 0 Å². The molecular formula is C21H23Cl2N3O2. The number of nitrogens with zero attached hydrogens (tertiary/aromatic N) is 2. The first-order valence-electron chi connectivity index (χ1n) is 9.26. The summed E-state index contributed by atoms with van der Waals surface area (Å²) in [6, 6.07) is 12.4. The third-order valence-corrected chi connectivity index (χ3v) is 5.32. The van der Waals surface area contributed by atoms with Gasteiger partial charge in [-0.3, -0.25) is 9.59 Å². The van der Waals surface area contributed by atoms with Gasteiger partial charge in [0.15, 0.2) is 0 Å². The standard InChI is InChI=1S/C21H23Cl2N3O2/c1-14(2)21(28)26-11-9-25(10-12-26)19-6-4-3-5-18(19)24-20(27)16-13-15(22)7-8-17(16)23/h3-8,13-14H,9-12H2,1-2H3,(H,24,27). The number of rotatable bonds is 4. The Kier molecular flexibility index (Phi) is 6.47. The number of nitrogens with one attached hydrogen (secondary N) is 1. The summed E-state index contributed by atoms with van der Waals surface area (Å²) in [5.41, 5.74) is 1.95. The lowest BCUT2D eigenvalue weighted by Crippen LogP contribution is -2.50. The van der Waals surface area contributed by atoms with Crippen molar-refractivity contribution in [1.29, 1.82) is 0 Å². The zero-order valence-electron chi connectivity index (χ0n) is 15.9. The number of halogens is 2. The second kappa shape index (κ2) is 8.84. The molecule has 1 aliphatic heterocycles. The van der Waals surface area contributed by atoms with Gasteiger partial charge < -0.3 is 15.1 Å². The molecule has 7 heteroatoms. The number of hydrogen-bond acceptors (Lipinski definition) is 3. The highest BCUT2D eigenvalue weighted by Gasteiger charge is 2.24. The van der Waals surface area contributed by atoms with Gasteiger partial charge >= 0.3 is 0 Å². The van der Waals surface area contributed by atoms with Gasteiger partial charge in [-0.05, 0) is 30.3 Å². The minimum absolute atomic E-state index is 0.000527. The Labute approximate surface area is 175 Å². The second-order valence-electron chi connectivity index (χ2n) is 7.06. The molecule has 28 heavy (non-hydrogen) atoms. The lowest BCUT2D eigenvalue weighted by atomic mass is 10.1. The Morgan fingerprint density at radius 2 is 1.68 bits per heavy atom. The minimum atomic E-state index is -0.312. The highest BCUT2D eigenvalue weighted by Crippen LogP contribution is 2.29. The van der Waals surface area contributed by atoms with Crippen molar-refractivity contribution < 1.29 is 9.59 Å². The fourth-order valence-electron chi connectivity index (χ4n) is 3.25. The quantitative estimate of drug-likeness (QED) is 0.790. The Morgan fingerprint density at radius 1 is 1.00 bits per heavy atom. The molecule has 2 aromatic carbocycles. The van der Waals surface area contributed by atoms with Gasteiger partial charge in [0.25, 0.3) is 5.91 Å². The van der Waals surface area contributed by atoms with E-state index in [4.69, 9.17) is 23.2 Å². The summed E-state index contributed by atoms with van der Waals surface area (Å²) in [5.74, 6) is -0.133. The van der Waals surface area contributed by atoms with E-state index in [1.54, 1.807) is 18.2 Å². The van der Waals surface area contributed by atoms with Gasteiger partial charge in [-0.1, -0.05) is 49.2 Å². The number of benzene rings is 2. The van der Waals surface area contributed by atoms with Crippen molar-refractivity contribution in [3.05, 3.63) is 58.1 Å². The summed E-state index contributed by atoms with van der Waals surface area (Å²) in [6.07, 6.45) is 0. The maximum atomic E-state index is 12.7. The molecule has 1 N–H and O–H groups in total. The van der Waals surface area contributed by atoms with Crippen LogP contribution in [0, 0.1) is 5.92 Å². The number of para-hydroxylation sites is 2. The van der Waals surface area contributed by atoms with Crippen LogP contribution in [0.4, 0.5) is 11.4 Å². The molecular weight excluding hydrogens is 397 g/mol. The van der Waals surface area contributed by atoms with Crippen LogP contribution >= 0.6 is 23.2 Å². The molecule has 2 amide bonds. The van der Waals surface area contributed by atoms with Crippen molar-refractivity contribution in [2.45, 2.75) is 13.8 Å². The first-order chi connectivity index (χ1) is 13.4. The van der Waals surface area contributed by atoms with Crippen molar-refractivity contribution in [1.82, 2.24) is 4.90 Å².